The molecule has 4 heteroatoms. The quantitative estimate of drug-likeness (QED) is 0.787. The van der Waals surface area contributed by atoms with Gasteiger partial charge in [-0.2, -0.15) is 0 Å². The molecular weight excluding hydrogens is 312 g/mol. The first kappa shape index (κ1) is 12.4. The Morgan fingerprint density at radius 2 is 2.22 bits per heavy atom. The first-order valence-electron chi connectivity index (χ1n) is 6.15. The first-order valence-corrected chi connectivity index (χ1v) is 7.32. The standard InChI is InChI=1S/C14H14BrClN2/c1-8-5-13-9(7-11(8)15)6-10(14(16)18-13)12-3-2-4-17-12/h5-7,12,17H,2-4H2,1H3. The van der Waals surface area contributed by atoms with Gasteiger partial charge in [0.2, 0.25) is 0 Å². The lowest BCUT2D eigenvalue weighted by atomic mass is 10.0. The van der Waals surface area contributed by atoms with E-state index in [1.807, 2.05) is 0 Å². The summed E-state index contributed by atoms with van der Waals surface area (Å²) >= 11 is 9.88. The van der Waals surface area contributed by atoms with Crippen molar-refractivity contribution in [1.29, 1.82) is 0 Å². The largest absolute Gasteiger partial charge is 0.310 e. The molecule has 2 nitrogen and oxygen atoms in total. The van der Waals surface area contributed by atoms with Crippen molar-refractivity contribution >= 4 is 38.4 Å². The SMILES string of the molecule is Cc1cc2nc(Cl)c(C3CCCN3)cc2cc1Br. The summed E-state index contributed by atoms with van der Waals surface area (Å²) in [5.41, 5.74) is 3.26. The number of nitrogens with zero attached hydrogens (tertiary/aromatic N) is 1. The van der Waals surface area contributed by atoms with E-state index in [2.05, 4.69) is 51.4 Å². The molecule has 1 atom stereocenters. The van der Waals surface area contributed by atoms with E-state index in [0.29, 0.717) is 11.2 Å². The summed E-state index contributed by atoms with van der Waals surface area (Å²) in [4.78, 5) is 4.53. The van der Waals surface area contributed by atoms with Gasteiger partial charge in [0.15, 0.2) is 0 Å². The number of fused-ring (bicyclic) bond motifs is 1. The highest BCUT2D eigenvalue weighted by Crippen LogP contribution is 2.32. The normalized spacial score (nSPS) is 19.6. The fraction of sp³-hybridized carbons (Fsp3) is 0.357. The van der Waals surface area contributed by atoms with Crippen LogP contribution in [0.25, 0.3) is 10.9 Å². The van der Waals surface area contributed by atoms with E-state index in [-0.39, 0.29) is 0 Å². The number of aromatic nitrogens is 1. The van der Waals surface area contributed by atoms with E-state index in [0.717, 1.165) is 33.9 Å². The molecule has 1 saturated heterocycles. The van der Waals surface area contributed by atoms with Crippen LogP contribution in [-0.4, -0.2) is 11.5 Å². The average Bonchev–Trinajstić information content (AvgIpc) is 2.84. The number of benzene rings is 1. The molecule has 0 saturated carbocycles. The molecule has 2 aromatic rings. The summed E-state index contributed by atoms with van der Waals surface area (Å²) in [5.74, 6) is 0. The Kier molecular flexibility index (Phi) is 3.31. The van der Waals surface area contributed by atoms with Gasteiger partial charge in [-0.1, -0.05) is 27.5 Å². The molecule has 0 bridgehead atoms. The molecule has 0 radical (unpaired) electrons. The minimum Gasteiger partial charge on any atom is -0.310 e. The maximum absolute atomic E-state index is 6.31. The number of hydrogen-bond donors (Lipinski definition) is 1. The van der Waals surface area contributed by atoms with Crippen molar-refractivity contribution in [3.8, 4) is 0 Å². The third-order valence-electron chi connectivity index (χ3n) is 3.51. The summed E-state index contributed by atoms with van der Waals surface area (Å²) in [6, 6.07) is 6.70. The van der Waals surface area contributed by atoms with E-state index in [9.17, 15) is 0 Å². The summed E-state index contributed by atoms with van der Waals surface area (Å²) in [6.45, 7) is 3.13. The lowest BCUT2D eigenvalue weighted by Crippen LogP contribution is -2.13. The van der Waals surface area contributed by atoms with Gasteiger partial charge in [0.05, 0.1) is 5.52 Å². The zero-order valence-electron chi connectivity index (χ0n) is 10.1. The van der Waals surface area contributed by atoms with Crippen molar-refractivity contribution in [1.82, 2.24) is 10.3 Å². The van der Waals surface area contributed by atoms with Crippen molar-refractivity contribution in [3.63, 3.8) is 0 Å². The predicted octanol–water partition coefficient (Wildman–Crippen LogP) is 4.38. The van der Waals surface area contributed by atoms with Crippen LogP contribution in [0.1, 0.15) is 30.0 Å². The highest BCUT2D eigenvalue weighted by molar-refractivity contribution is 9.10. The third kappa shape index (κ3) is 2.15. The second-order valence-electron chi connectivity index (χ2n) is 4.81. The van der Waals surface area contributed by atoms with Crippen LogP contribution < -0.4 is 5.32 Å². The van der Waals surface area contributed by atoms with Gasteiger partial charge in [-0.25, -0.2) is 4.98 Å². The fourth-order valence-corrected chi connectivity index (χ4v) is 3.12. The zero-order chi connectivity index (χ0) is 12.7. The first-order chi connectivity index (χ1) is 8.65. The Morgan fingerprint density at radius 3 is 2.94 bits per heavy atom. The van der Waals surface area contributed by atoms with Gasteiger partial charge in [0.25, 0.3) is 0 Å². The van der Waals surface area contributed by atoms with Crippen LogP contribution >= 0.6 is 27.5 Å². The minimum absolute atomic E-state index is 0.356. The molecule has 1 N–H and O–H groups in total. The van der Waals surface area contributed by atoms with Crippen LogP contribution in [0, 0.1) is 6.92 Å². The van der Waals surface area contributed by atoms with Gasteiger partial charge >= 0.3 is 0 Å². The Labute approximate surface area is 120 Å². The second-order valence-corrected chi connectivity index (χ2v) is 6.02. The molecule has 1 aliphatic heterocycles. The van der Waals surface area contributed by atoms with Gasteiger partial charge < -0.3 is 5.32 Å². The van der Waals surface area contributed by atoms with Gasteiger partial charge in [0.1, 0.15) is 5.15 Å². The average molecular weight is 326 g/mol. The predicted molar refractivity (Wildman–Crippen MR) is 79.2 cm³/mol. The zero-order valence-corrected chi connectivity index (χ0v) is 12.5. The van der Waals surface area contributed by atoms with Gasteiger partial charge in [-0.3, -0.25) is 0 Å². The smallest absolute Gasteiger partial charge is 0.134 e. The number of hydrogen-bond acceptors (Lipinski definition) is 2. The van der Waals surface area contributed by atoms with Crippen molar-refractivity contribution in [3.05, 3.63) is 39.0 Å². The molecule has 1 unspecified atom stereocenters. The molecule has 94 valence electrons. The molecule has 0 aliphatic carbocycles. The Hall–Kier alpha value is -0.640. The van der Waals surface area contributed by atoms with E-state index in [4.69, 9.17) is 11.6 Å². The van der Waals surface area contributed by atoms with Gasteiger partial charge in [-0.15, -0.1) is 0 Å². The molecule has 2 heterocycles. The van der Waals surface area contributed by atoms with Crippen LogP contribution in [0.5, 0.6) is 0 Å². The van der Waals surface area contributed by atoms with E-state index < -0.39 is 0 Å². The summed E-state index contributed by atoms with van der Waals surface area (Å²) < 4.78 is 1.12. The van der Waals surface area contributed by atoms with Gasteiger partial charge in [0, 0.05) is 21.5 Å². The Balaban J connectivity index is 2.16. The number of pyridine rings is 1. The lowest BCUT2D eigenvalue weighted by molar-refractivity contribution is 0.646. The topological polar surface area (TPSA) is 24.9 Å². The highest BCUT2D eigenvalue weighted by Gasteiger charge is 2.20. The summed E-state index contributed by atoms with van der Waals surface area (Å²) in [5, 5.41) is 5.24. The highest BCUT2D eigenvalue weighted by atomic mass is 79.9. The van der Waals surface area contributed by atoms with Crippen LogP contribution in [0.2, 0.25) is 5.15 Å². The van der Waals surface area contributed by atoms with Crippen LogP contribution in [-0.2, 0) is 0 Å². The van der Waals surface area contributed by atoms with Crippen LogP contribution in [0.15, 0.2) is 22.7 Å². The summed E-state index contributed by atoms with van der Waals surface area (Å²) in [6.07, 6.45) is 2.34. The molecule has 18 heavy (non-hydrogen) atoms. The fourth-order valence-electron chi connectivity index (χ4n) is 2.49. The summed E-state index contributed by atoms with van der Waals surface area (Å²) in [7, 11) is 0. The van der Waals surface area contributed by atoms with E-state index in [1.165, 1.54) is 12.0 Å². The number of rotatable bonds is 1. The van der Waals surface area contributed by atoms with Gasteiger partial charge in [-0.05, 0) is 50.1 Å². The molecule has 1 aromatic carbocycles. The Bertz CT molecular complexity index is 606. The lowest BCUT2D eigenvalue weighted by Gasteiger charge is -2.13. The molecule has 0 amide bonds. The van der Waals surface area contributed by atoms with Crippen molar-refractivity contribution in [2.24, 2.45) is 0 Å². The van der Waals surface area contributed by atoms with Crippen molar-refractivity contribution in [2.45, 2.75) is 25.8 Å². The van der Waals surface area contributed by atoms with E-state index >= 15 is 0 Å². The maximum atomic E-state index is 6.31. The monoisotopic (exact) mass is 324 g/mol. The van der Waals surface area contributed by atoms with Crippen molar-refractivity contribution in [2.75, 3.05) is 6.54 Å². The molecule has 0 spiro atoms. The molecular formula is C14H14BrClN2. The van der Waals surface area contributed by atoms with Crippen LogP contribution in [0.3, 0.4) is 0 Å². The van der Waals surface area contributed by atoms with E-state index in [1.54, 1.807) is 0 Å². The molecule has 3 rings (SSSR count). The maximum Gasteiger partial charge on any atom is 0.134 e. The molecule has 1 fully saturated rings. The second kappa shape index (κ2) is 4.80. The molecule has 1 aromatic heterocycles. The number of halogens is 2. The molecule has 1 aliphatic rings. The number of aryl methyl sites for hydroxylation is 1. The minimum atomic E-state index is 0.356. The van der Waals surface area contributed by atoms with Crippen molar-refractivity contribution < 1.29 is 0 Å². The number of nitrogens with one attached hydrogen (secondary N) is 1. The van der Waals surface area contributed by atoms with Crippen LogP contribution in [0.4, 0.5) is 0 Å². The Morgan fingerprint density at radius 1 is 1.39 bits per heavy atom. The third-order valence-corrected chi connectivity index (χ3v) is 4.67.